The minimum Gasteiger partial charge on any atom is -0.378 e. The lowest BCUT2D eigenvalue weighted by Gasteiger charge is -2.38. The van der Waals surface area contributed by atoms with Gasteiger partial charge in [-0.1, -0.05) is 18.2 Å². The molecule has 2 heterocycles. The number of carbonyl (C=O) groups excluding carboxylic acids is 1. The van der Waals surface area contributed by atoms with Crippen LogP contribution in [0.2, 0.25) is 0 Å². The van der Waals surface area contributed by atoms with E-state index in [1.807, 2.05) is 36.1 Å². The fourth-order valence-electron chi connectivity index (χ4n) is 4.17. The molecule has 136 valence electrons. The van der Waals surface area contributed by atoms with Crippen molar-refractivity contribution in [2.24, 2.45) is 11.3 Å². The summed E-state index contributed by atoms with van der Waals surface area (Å²) < 4.78 is 11.8. The van der Waals surface area contributed by atoms with E-state index in [0.29, 0.717) is 0 Å². The third kappa shape index (κ3) is 3.90. The van der Waals surface area contributed by atoms with E-state index in [9.17, 15) is 4.79 Å². The molecule has 1 aromatic carbocycles. The van der Waals surface area contributed by atoms with E-state index in [1.165, 1.54) is 12.8 Å². The fraction of sp³-hybridized carbons (Fsp3) is 0.667. The van der Waals surface area contributed by atoms with E-state index in [2.05, 4.69) is 0 Å². The van der Waals surface area contributed by atoms with Crippen LogP contribution in [0.1, 0.15) is 48.0 Å². The van der Waals surface area contributed by atoms with E-state index in [-0.39, 0.29) is 17.4 Å². The summed E-state index contributed by atoms with van der Waals surface area (Å²) >= 11 is 0. The molecule has 1 amide bonds. The third-order valence-electron chi connectivity index (χ3n) is 6.13. The van der Waals surface area contributed by atoms with Crippen molar-refractivity contribution < 1.29 is 14.3 Å². The molecule has 1 aromatic rings. The van der Waals surface area contributed by atoms with Crippen molar-refractivity contribution in [3.8, 4) is 0 Å². The van der Waals surface area contributed by atoms with Gasteiger partial charge >= 0.3 is 0 Å². The number of hydrogen-bond acceptors (Lipinski definition) is 3. The molecule has 4 heteroatoms. The lowest BCUT2D eigenvalue weighted by atomic mass is 9.76. The number of rotatable bonds is 5. The molecule has 0 N–H and O–H groups in total. The van der Waals surface area contributed by atoms with Gasteiger partial charge in [-0.25, -0.2) is 0 Å². The maximum absolute atomic E-state index is 12.8. The number of hydrogen-bond donors (Lipinski definition) is 0. The average molecular weight is 343 g/mol. The van der Waals surface area contributed by atoms with Crippen LogP contribution in [-0.2, 0) is 9.47 Å². The Kier molecular flexibility index (Phi) is 4.83. The number of nitrogens with zero attached hydrogens (tertiary/aromatic N) is 1. The van der Waals surface area contributed by atoms with Crippen molar-refractivity contribution in [3.63, 3.8) is 0 Å². The van der Waals surface area contributed by atoms with Crippen LogP contribution in [0.4, 0.5) is 0 Å². The van der Waals surface area contributed by atoms with Gasteiger partial charge in [0.2, 0.25) is 0 Å². The number of carbonyl (C=O) groups is 1. The van der Waals surface area contributed by atoms with Crippen LogP contribution in [0.15, 0.2) is 24.3 Å². The van der Waals surface area contributed by atoms with Crippen LogP contribution >= 0.6 is 0 Å². The number of amides is 1. The molecule has 1 atom stereocenters. The van der Waals surface area contributed by atoms with Crippen LogP contribution in [0.25, 0.3) is 0 Å². The number of piperidine rings is 1. The molecule has 0 radical (unpaired) electrons. The summed E-state index contributed by atoms with van der Waals surface area (Å²) in [5, 5.41) is 0. The quantitative estimate of drug-likeness (QED) is 0.822. The predicted octanol–water partition coefficient (Wildman–Crippen LogP) is 3.43. The number of benzene rings is 1. The first-order valence-corrected chi connectivity index (χ1v) is 9.69. The highest BCUT2D eigenvalue weighted by Gasteiger charge is 2.43. The van der Waals surface area contributed by atoms with Gasteiger partial charge in [0.05, 0.1) is 19.3 Å². The van der Waals surface area contributed by atoms with E-state index < -0.39 is 0 Å². The van der Waals surface area contributed by atoms with Crippen molar-refractivity contribution in [1.82, 2.24) is 4.90 Å². The predicted molar refractivity (Wildman–Crippen MR) is 96.6 cm³/mol. The molecule has 0 bridgehead atoms. The Balaban J connectivity index is 1.28. The van der Waals surface area contributed by atoms with Crippen molar-refractivity contribution >= 4 is 5.91 Å². The largest absolute Gasteiger partial charge is 0.378 e. The summed E-state index contributed by atoms with van der Waals surface area (Å²) in [6.45, 7) is 6.17. The summed E-state index contributed by atoms with van der Waals surface area (Å²) in [4.78, 5) is 14.8. The van der Waals surface area contributed by atoms with E-state index in [4.69, 9.17) is 9.47 Å². The standard InChI is InChI=1S/C21H29NO3/c1-16-4-2-3-5-19(16)20(23)22-10-8-21(9-11-22)12-18(25-15-21)14-24-13-17-6-7-17/h2-5,17-18H,6-15H2,1H3/t18-/m0/s1. The van der Waals surface area contributed by atoms with Crippen LogP contribution in [0.3, 0.4) is 0 Å². The summed E-state index contributed by atoms with van der Waals surface area (Å²) in [6, 6.07) is 7.88. The summed E-state index contributed by atoms with van der Waals surface area (Å²) in [5.74, 6) is 0.988. The Morgan fingerprint density at radius 2 is 2.00 bits per heavy atom. The number of likely N-dealkylation sites (tertiary alicyclic amines) is 1. The molecule has 4 rings (SSSR count). The minimum atomic E-state index is 0.177. The Morgan fingerprint density at radius 3 is 2.72 bits per heavy atom. The maximum atomic E-state index is 12.8. The topological polar surface area (TPSA) is 38.8 Å². The number of ether oxygens (including phenoxy) is 2. The molecule has 25 heavy (non-hydrogen) atoms. The van der Waals surface area contributed by atoms with Crippen LogP contribution in [0, 0.1) is 18.3 Å². The van der Waals surface area contributed by atoms with Gasteiger partial charge in [-0.2, -0.15) is 0 Å². The van der Waals surface area contributed by atoms with Gasteiger partial charge in [0.1, 0.15) is 0 Å². The van der Waals surface area contributed by atoms with E-state index in [0.717, 1.165) is 69.2 Å². The van der Waals surface area contributed by atoms with E-state index in [1.54, 1.807) is 0 Å². The Hall–Kier alpha value is -1.39. The Labute approximate surface area is 150 Å². The molecule has 3 aliphatic rings. The summed E-state index contributed by atoms with van der Waals surface area (Å²) in [7, 11) is 0. The second kappa shape index (κ2) is 7.08. The highest BCUT2D eigenvalue weighted by molar-refractivity contribution is 5.95. The molecule has 2 aliphatic heterocycles. The monoisotopic (exact) mass is 343 g/mol. The average Bonchev–Trinajstić information content (AvgIpc) is 3.37. The first kappa shape index (κ1) is 17.0. The molecule has 1 saturated carbocycles. The van der Waals surface area contributed by atoms with Gasteiger partial charge in [-0.3, -0.25) is 4.79 Å². The Morgan fingerprint density at radius 1 is 1.24 bits per heavy atom. The van der Waals surface area contributed by atoms with Crippen LogP contribution in [0.5, 0.6) is 0 Å². The second-order valence-electron chi connectivity index (χ2n) is 8.23. The van der Waals surface area contributed by atoms with Crippen molar-refractivity contribution in [1.29, 1.82) is 0 Å². The molecule has 0 unspecified atom stereocenters. The van der Waals surface area contributed by atoms with Gasteiger partial charge in [0.15, 0.2) is 0 Å². The first-order chi connectivity index (χ1) is 12.2. The third-order valence-corrected chi connectivity index (χ3v) is 6.13. The zero-order valence-electron chi connectivity index (χ0n) is 15.2. The van der Waals surface area contributed by atoms with Crippen molar-refractivity contribution in [2.45, 2.75) is 45.1 Å². The zero-order chi connectivity index (χ0) is 17.3. The van der Waals surface area contributed by atoms with Gasteiger partial charge in [0, 0.05) is 25.3 Å². The number of aryl methyl sites for hydroxylation is 1. The van der Waals surface area contributed by atoms with Gasteiger partial charge < -0.3 is 14.4 Å². The Bertz CT molecular complexity index is 617. The maximum Gasteiger partial charge on any atom is 0.254 e. The van der Waals surface area contributed by atoms with Crippen molar-refractivity contribution in [3.05, 3.63) is 35.4 Å². The van der Waals surface area contributed by atoms with Crippen LogP contribution < -0.4 is 0 Å². The lowest BCUT2D eigenvalue weighted by Crippen LogP contribution is -2.43. The molecular weight excluding hydrogens is 314 g/mol. The van der Waals surface area contributed by atoms with Crippen LogP contribution in [-0.4, -0.2) is 49.8 Å². The second-order valence-corrected chi connectivity index (χ2v) is 8.23. The van der Waals surface area contributed by atoms with Crippen molar-refractivity contribution in [2.75, 3.05) is 32.9 Å². The molecule has 0 aromatic heterocycles. The molecular formula is C21H29NO3. The molecule has 1 aliphatic carbocycles. The van der Waals surface area contributed by atoms with Gasteiger partial charge in [-0.15, -0.1) is 0 Å². The smallest absolute Gasteiger partial charge is 0.254 e. The minimum absolute atomic E-state index is 0.177. The summed E-state index contributed by atoms with van der Waals surface area (Å²) in [6.07, 6.45) is 6.09. The lowest BCUT2D eigenvalue weighted by molar-refractivity contribution is 0.00938. The highest BCUT2D eigenvalue weighted by atomic mass is 16.5. The molecule has 2 saturated heterocycles. The SMILES string of the molecule is Cc1ccccc1C(=O)N1CCC2(CC1)CO[C@H](COCC1CC1)C2. The molecule has 3 fully saturated rings. The van der Waals surface area contributed by atoms with Gasteiger partial charge in [-0.05, 0) is 62.0 Å². The van der Waals surface area contributed by atoms with E-state index >= 15 is 0 Å². The molecule has 4 nitrogen and oxygen atoms in total. The zero-order valence-corrected chi connectivity index (χ0v) is 15.2. The highest BCUT2D eigenvalue weighted by Crippen LogP contribution is 2.42. The normalized spacial score (nSPS) is 25.5. The first-order valence-electron chi connectivity index (χ1n) is 9.69. The fourth-order valence-corrected chi connectivity index (χ4v) is 4.17. The molecule has 1 spiro atoms. The summed E-state index contributed by atoms with van der Waals surface area (Å²) in [5.41, 5.74) is 2.16. The van der Waals surface area contributed by atoms with Gasteiger partial charge in [0.25, 0.3) is 5.91 Å².